The summed E-state index contributed by atoms with van der Waals surface area (Å²) in [5.41, 5.74) is 7.47. The predicted octanol–water partition coefficient (Wildman–Crippen LogP) is 5.77. The molecule has 0 heterocycles. The standard InChI is InChI=1S/C20H28/c1-3-7-17(8-4-1)15(19(17)11-12-19)16-18(20(16)13-14-20)9-5-2-6-10-18/h1-14H2/b16-15-. The van der Waals surface area contributed by atoms with Gasteiger partial charge < -0.3 is 0 Å². The third-order valence-corrected chi connectivity index (χ3v) is 8.79. The molecule has 6 aliphatic carbocycles. The van der Waals surface area contributed by atoms with Crippen molar-refractivity contribution in [2.75, 3.05) is 0 Å². The SMILES string of the molecule is C1CCC2(CC1)/C(=C1\C3(CCCCC3)C13CC3)C21CC1. The minimum atomic E-state index is 0.789. The van der Waals surface area contributed by atoms with Crippen LogP contribution in [0.4, 0.5) is 0 Å². The summed E-state index contributed by atoms with van der Waals surface area (Å²) in [6.07, 6.45) is 21.9. The zero-order valence-corrected chi connectivity index (χ0v) is 12.9. The van der Waals surface area contributed by atoms with Crippen molar-refractivity contribution >= 4 is 0 Å². The van der Waals surface area contributed by atoms with Crippen LogP contribution in [-0.4, -0.2) is 0 Å². The van der Waals surface area contributed by atoms with Crippen molar-refractivity contribution in [1.82, 2.24) is 0 Å². The monoisotopic (exact) mass is 268 g/mol. The second-order valence-corrected chi connectivity index (χ2v) is 9.20. The number of allylic oxidation sites excluding steroid dienone is 2. The Kier molecular flexibility index (Phi) is 1.75. The zero-order chi connectivity index (χ0) is 13.1. The van der Waals surface area contributed by atoms with E-state index in [2.05, 4.69) is 11.1 Å². The fourth-order valence-electron chi connectivity index (χ4n) is 7.70. The lowest BCUT2D eigenvalue weighted by atomic mass is 9.81. The Morgan fingerprint density at radius 1 is 0.350 bits per heavy atom. The van der Waals surface area contributed by atoms with E-state index in [1.807, 2.05) is 0 Å². The summed E-state index contributed by atoms with van der Waals surface area (Å²) in [6.45, 7) is 0. The molecule has 0 aromatic carbocycles. The van der Waals surface area contributed by atoms with Crippen molar-refractivity contribution in [1.29, 1.82) is 0 Å². The van der Waals surface area contributed by atoms with Crippen molar-refractivity contribution in [3.8, 4) is 0 Å². The first-order valence-corrected chi connectivity index (χ1v) is 9.58. The maximum Gasteiger partial charge on any atom is 0.00154 e. The van der Waals surface area contributed by atoms with E-state index >= 15 is 0 Å². The molecule has 6 rings (SSSR count). The van der Waals surface area contributed by atoms with Gasteiger partial charge in [0.15, 0.2) is 0 Å². The smallest absolute Gasteiger partial charge is 0.00154 e. The molecule has 0 aromatic heterocycles. The average molecular weight is 268 g/mol. The number of rotatable bonds is 0. The lowest BCUT2D eigenvalue weighted by Crippen LogP contribution is -2.11. The van der Waals surface area contributed by atoms with Gasteiger partial charge in [-0.2, -0.15) is 0 Å². The maximum absolute atomic E-state index is 2.13. The van der Waals surface area contributed by atoms with Gasteiger partial charge in [0.25, 0.3) is 0 Å². The van der Waals surface area contributed by atoms with E-state index in [1.165, 1.54) is 12.8 Å². The van der Waals surface area contributed by atoms with Crippen LogP contribution in [0, 0.1) is 21.7 Å². The Labute approximate surface area is 123 Å². The van der Waals surface area contributed by atoms with Gasteiger partial charge in [-0.1, -0.05) is 49.7 Å². The molecule has 6 fully saturated rings. The number of fused-ring (bicyclic) bond motifs is 2. The molecule has 20 heavy (non-hydrogen) atoms. The Morgan fingerprint density at radius 3 is 0.950 bits per heavy atom. The van der Waals surface area contributed by atoms with Crippen LogP contribution in [-0.2, 0) is 0 Å². The summed E-state index contributed by atoms with van der Waals surface area (Å²) >= 11 is 0. The van der Waals surface area contributed by atoms with Crippen LogP contribution in [0.3, 0.4) is 0 Å². The Hall–Kier alpha value is -0.260. The first kappa shape index (κ1) is 11.3. The molecule has 0 amide bonds. The van der Waals surface area contributed by atoms with Gasteiger partial charge in [-0.3, -0.25) is 0 Å². The van der Waals surface area contributed by atoms with Crippen LogP contribution in [0.25, 0.3) is 0 Å². The van der Waals surface area contributed by atoms with Gasteiger partial charge in [0, 0.05) is 21.7 Å². The van der Waals surface area contributed by atoms with E-state index < -0.39 is 0 Å². The van der Waals surface area contributed by atoms with Crippen LogP contribution >= 0.6 is 0 Å². The molecule has 0 N–H and O–H groups in total. The molecule has 0 unspecified atom stereocenters. The molecule has 6 saturated carbocycles. The highest BCUT2D eigenvalue weighted by atomic mass is 14.9. The maximum atomic E-state index is 2.13. The minimum Gasteiger partial charge on any atom is -0.0557 e. The van der Waals surface area contributed by atoms with E-state index in [1.54, 1.807) is 77.0 Å². The van der Waals surface area contributed by atoms with Crippen molar-refractivity contribution in [3.05, 3.63) is 11.1 Å². The second-order valence-electron chi connectivity index (χ2n) is 9.20. The summed E-state index contributed by atoms with van der Waals surface area (Å²) in [6, 6.07) is 0. The van der Waals surface area contributed by atoms with Crippen molar-refractivity contribution in [3.63, 3.8) is 0 Å². The fraction of sp³-hybridized carbons (Fsp3) is 0.900. The van der Waals surface area contributed by atoms with Gasteiger partial charge in [0.05, 0.1) is 0 Å². The van der Waals surface area contributed by atoms with Gasteiger partial charge in [0.1, 0.15) is 0 Å². The average Bonchev–Trinajstić information content (AvgIpc) is 3.38. The zero-order valence-electron chi connectivity index (χ0n) is 12.9. The normalized spacial score (nSPS) is 43.2. The number of hydrogen-bond donors (Lipinski definition) is 0. The quantitative estimate of drug-likeness (QED) is 0.489. The van der Waals surface area contributed by atoms with E-state index in [4.69, 9.17) is 0 Å². The Balaban J connectivity index is 1.47. The minimum absolute atomic E-state index is 0.789. The topological polar surface area (TPSA) is 0 Å². The molecule has 0 aromatic rings. The van der Waals surface area contributed by atoms with Crippen LogP contribution < -0.4 is 0 Å². The molecule has 0 saturated heterocycles. The molecule has 0 aliphatic heterocycles. The molecular formula is C20H28. The van der Waals surface area contributed by atoms with Gasteiger partial charge in [-0.15, -0.1) is 0 Å². The summed E-state index contributed by atoms with van der Waals surface area (Å²) in [4.78, 5) is 0. The second kappa shape index (κ2) is 3.08. The van der Waals surface area contributed by atoms with Gasteiger partial charge in [-0.05, 0) is 51.4 Å². The molecule has 108 valence electrons. The van der Waals surface area contributed by atoms with Crippen molar-refractivity contribution in [2.45, 2.75) is 89.9 Å². The molecule has 0 radical (unpaired) electrons. The Bertz CT molecular complexity index is 466. The molecule has 0 bridgehead atoms. The molecule has 0 nitrogen and oxygen atoms in total. The number of hydrogen-bond acceptors (Lipinski definition) is 0. The third-order valence-electron chi connectivity index (χ3n) is 8.79. The first-order valence-electron chi connectivity index (χ1n) is 9.58. The summed E-state index contributed by atoms with van der Waals surface area (Å²) in [5.74, 6) is 0. The van der Waals surface area contributed by atoms with Gasteiger partial charge in [0.2, 0.25) is 0 Å². The van der Waals surface area contributed by atoms with Crippen LogP contribution in [0.5, 0.6) is 0 Å². The molecule has 6 aliphatic rings. The Morgan fingerprint density at radius 2 is 0.650 bits per heavy atom. The fourth-order valence-corrected chi connectivity index (χ4v) is 7.70. The van der Waals surface area contributed by atoms with Crippen LogP contribution in [0.2, 0.25) is 0 Å². The lowest BCUT2D eigenvalue weighted by Gasteiger charge is -2.23. The summed E-state index contributed by atoms with van der Waals surface area (Å²) < 4.78 is 0. The van der Waals surface area contributed by atoms with Crippen LogP contribution in [0.1, 0.15) is 89.9 Å². The van der Waals surface area contributed by atoms with E-state index in [-0.39, 0.29) is 0 Å². The highest BCUT2D eigenvalue weighted by molar-refractivity contribution is 5.66. The highest BCUT2D eigenvalue weighted by Gasteiger charge is 2.86. The molecular weight excluding hydrogens is 240 g/mol. The molecule has 4 spiro atoms. The van der Waals surface area contributed by atoms with E-state index in [0.717, 1.165) is 21.7 Å². The predicted molar refractivity (Wildman–Crippen MR) is 81.4 cm³/mol. The molecule has 0 heteroatoms. The first-order chi connectivity index (χ1) is 9.82. The van der Waals surface area contributed by atoms with E-state index in [9.17, 15) is 0 Å². The molecule has 0 atom stereocenters. The van der Waals surface area contributed by atoms with Gasteiger partial charge in [-0.25, -0.2) is 0 Å². The van der Waals surface area contributed by atoms with Gasteiger partial charge >= 0.3 is 0 Å². The highest BCUT2D eigenvalue weighted by Crippen LogP contribution is 2.96. The largest absolute Gasteiger partial charge is 0.0557 e. The van der Waals surface area contributed by atoms with Crippen molar-refractivity contribution < 1.29 is 0 Å². The van der Waals surface area contributed by atoms with Crippen molar-refractivity contribution in [2.24, 2.45) is 21.7 Å². The summed E-state index contributed by atoms with van der Waals surface area (Å²) in [5, 5.41) is 0. The third kappa shape index (κ3) is 0.966. The van der Waals surface area contributed by atoms with E-state index in [0.29, 0.717) is 0 Å². The lowest BCUT2D eigenvalue weighted by molar-refractivity contribution is 0.305. The van der Waals surface area contributed by atoms with Crippen LogP contribution in [0.15, 0.2) is 11.1 Å². The summed E-state index contributed by atoms with van der Waals surface area (Å²) in [7, 11) is 0.